The molecule has 0 saturated carbocycles. The first-order valence-electron chi connectivity index (χ1n) is 5.10. The molecule has 3 nitrogen and oxygen atoms in total. The molecule has 0 unspecified atom stereocenters. The van der Waals surface area contributed by atoms with Gasteiger partial charge in [0.25, 0.3) is 0 Å². The van der Waals surface area contributed by atoms with Crippen LogP contribution in [0.15, 0.2) is 23.5 Å². The molecule has 0 radical (unpaired) electrons. The lowest BCUT2D eigenvalue weighted by atomic mass is 9.94. The number of hydrogen-bond acceptors (Lipinski definition) is 3. The molecule has 1 aliphatic rings. The third kappa shape index (κ3) is 2.26. The van der Waals surface area contributed by atoms with E-state index in [4.69, 9.17) is 0 Å². The summed E-state index contributed by atoms with van der Waals surface area (Å²) in [7, 11) is 0. The highest BCUT2D eigenvalue weighted by Crippen LogP contribution is 2.27. The smallest absolute Gasteiger partial charge is 0.245 e. The second-order valence-electron chi connectivity index (χ2n) is 3.72. The topological polar surface area (TPSA) is 33.2 Å². The predicted molar refractivity (Wildman–Crippen MR) is 60.9 cm³/mol. The van der Waals surface area contributed by atoms with Gasteiger partial charge in [0.15, 0.2) is 0 Å². The lowest BCUT2D eigenvalue weighted by Crippen LogP contribution is -2.36. The molecule has 0 N–H and O–H groups in total. The highest BCUT2D eigenvalue weighted by atomic mass is 32.1. The summed E-state index contributed by atoms with van der Waals surface area (Å²) in [6, 6.07) is 0. The summed E-state index contributed by atoms with van der Waals surface area (Å²) in [5, 5.41) is 2.11. The van der Waals surface area contributed by atoms with Gasteiger partial charge in [0, 0.05) is 24.4 Å². The fourth-order valence-electron chi connectivity index (χ4n) is 1.95. The van der Waals surface area contributed by atoms with Crippen molar-refractivity contribution in [1.29, 1.82) is 0 Å². The van der Waals surface area contributed by atoms with E-state index in [1.54, 1.807) is 11.3 Å². The van der Waals surface area contributed by atoms with Crippen LogP contribution in [0.5, 0.6) is 0 Å². The first-order valence-corrected chi connectivity index (χ1v) is 6.05. The van der Waals surface area contributed by atoms with Crippen LogP contribution >= 0.6 is 11.3 Å². The lowest BCUT2D eigenvalue weighted by Gasteiger charge is -2.30. The van der Waals surface area contributed by atoms with Crippen LogP contribution in [-0.4, -0.2) is 28.9 Å². The highest BCUT2D eigenvalue weighted by molar-refractivity contribution is 7.07. The quantitative estimate of drug-likeness (QED) is 0.717. The molecule has 0 spiro atoms. The van der Waals surface area contributed by atoms with E-state index < -0.39 is 0 Å². The van der Waals surface area contributed by atoms with Gasteiger partial charge in [-0.1, -0.05) is 6.58 Å². The number of rotatable bonds is 2. The zero-order valence-electron chi connectivity index (χ0n) is 8.56. The molecule has 1 aromatic heterocycles. The third-order valence-corrected chi connectivity index (χ3v) is 3.46. The number of amides is 1. The van der Waals surface area contributed by atoms with Crippen LogP contribution in [0.4, 0.5) is 0 Å². The fraction of sp³-hybridized carbons (Fsp3) is 0.455. The summed E-state index contributed by atoms with van der Waals surface area (Å²) in [6.45, 7) is 5.16. The Morgan fingerprint density at radius 3 is 2.87 bits per heavy atom. The number of aromatic nitrogens is 1. The molecule has 1 fully saturated rings. The van der Waals surface area contributed by atoms with Gasteiger partial charge in [-0.05, 0) is 18.9 Å². The molecule has 1 aliphatic heterocycles. The lowest BCUT2D eigenvalue weighted by molar-refractivity contribution is -0.127. The average molecular weight is 222 g/mol. The van der Waals surface area contributed by atoms with E-state index >= 15 is 0 Å². The normalized spacial score (nSPS) is 17.7. The summed E-state index contributed by atoms with van der Waals surface area (Å²) in [5.41, 5.74) is 3.06. The van der Waals surface area contributed by atoms with Crippen LogP contribution in [0.25, 0.3) is 0 Å². The Hall–Kier alpha value is -1.16. The Bertz CT molecular complexity index is 339. The van der Waals surface area contributed by atoms with Crippen molar-refractivity contribution in [3.8, 4) is 0 Å². The SMILES string of the molecule is C=CC(=O)N1CCC(c2cscn2)CC1. The maximum absolute atomic E-state index is 11.4. The number of thiazole rings is 1. The van der Waals surface area contributed by atoms with Crippen molar-refractivity contribution < 1.29 is 4.79 Å². The van der Waals surface area contributed by atoms with Gasteiger partial charge in [-0.15, -0.1) is 11.3 Å². The second kappa shape index (κ2) is 4.57. The molecule has 4 heteroatoms. The monoisotopic (exact) mass is 222 g/mol. The Morgan fingerprint density at radius 2 is 2.33 bits per heavy atom. The van der Waals surface area contributed by atoms with E-state index in [1.807, 2.05) is 10.4 Å². The van der Waals surface area contributed by atoms with Crippen molar-refractivity contribution in [2.45, 2.75) is 18.8 Å². The summed E-state index contributed by atoms with van der Waals surface area (Å²) in [5.74, 6) is 0.580. The largest absolute Gasteiger partial charge is 0.339 e. The summed E-state index contributed by atoms with van der Waals surface area (Å²) < 4.78 is 0. The summed E-state index contributed by atoms with van der Waals surface area (Å²) in [4.78, 5) is 17.5. The van der Waals surface area contributed by atoms with Gasteiger partial charge >= 0.3 is 0 Å². The third-order valence-electron chi connectivity index (χ3n) is 2.85. The molecule has 1 amide bonds. The predicted octanol–water partition coefficient (Wildman–Crippen LogP) is 2.04. The van der Waals surface area contributed by atoms with Gasteiger partial charge in [0.05, 0.1) is 11.2 Å². The molecule has 2 rings (SSSR count). The van der Waals surface area contributed by atoms with Gasteiger partial charge in [0.2, 0.25) is 5.91 Å². The van der Waals surface area contributed by atoms with Gasteiger partial charge in [-0.3, -0.25) is 4.79 Å². The average Bonchev–Trinajstić information content (AvgIpc) is 2.82. The van der Waals surface area contributed by atoms with E-state index in [-0.39, 0.29) is 5.91 Å². The van der Waals surface area contributed by atoms with Crippen LogP contribution in [0, 0.1) is 0 Å². The Labute approximate surface area is 93.4 Å². The van der Waals surface area contributed by atoms with Crippen LogP contribution in [0.2, 0.25) is 0 Å². The van der Waals surface area contributed by atoms with Gasteiger partial charge in [-0.25, -0.2) is 4.98 Å². The molecule has 0 aliphatic carbocycles. The van der Waals surface area contributed by atoms with Gasteiger partial charge < -0.3 is 4.90 Å². The van der Waals surface area contributed by atoms with Crippen LogP contribution in [-0.2, 0) is 4.79 Å². The van der Waals surface area contributed by atoms with Crippen molar-refractivity contribution in [2.24, 2.45) is 0 Å². The number of carbonyl (C=O) groups is 1. The Morgan fingerprint density at radius 1 is 1.60 bits per heavy atom. The second-order valence-corrected chi connectivity index (χ2v) is 4.44. The van der Waals surface area contributed by atoms with Crippen LogP contribution in [0.1, 0.15) is 24.5 Å². The summed E-state index contributed by atoms with van der Waals surface area (Å²) in [6.07, 6.45) is 3.43. The maximum atomic E-state index is 11.4. The first-order chi connectivity index (χ1) is 7.31. The number of piperidine rings is 1. The van der Waals surface area contributed by atoms with Crippen LogP contribution in [0.3, 0.4) is 0 Å². The van der Waals surface area contributed by atoms with Crippen molar-refractivity contribution >= 4 is 17.2 Å². The van der Waals surface area contributed by atoms with Crippen molar-refractivity contribution in [3.63, 3.8) is 0 Å². The summed E-state index contributed by atoms with van der Waals surface area (Å²) >= 11 is 1.64. The molecule has 0 bridgehead atoms. The molecule has 1 saturated heterocycles. The molecule has 15 heavy (non-hydrogen) atoms. The molecule has 0 atom stereocenters. The fourth-order valence-corrected chi connectivity index (χ4v) is 2.58. The minimum atomic E-state index is 0.0479. The zero-order valence-corrected chi connectivity index (χ0v) is 9.37. The molecule has 2 heterocycles. The Balaban J connectivity index is 1.92. The van der Waals surface area contributed by atoms with Crippen molar-refractivity contribution in [3.05, 3.63) is 29.2 Å². The standard InChI is InChI=1S/C11H14N2OS/c1-2-11(14)13-5-3-9(4-6-13)10-7-15-8-12-10/h2,7-9H,1,3-6H2. The molecule has 1 aromatic rings. The number of carbonyl (C=O) groups excluding carboxylic acids is 1. The zero-order chi connectivity index (χ0) is 10.7. The maximum Gasteiger partial charge on any atom is 0.245 e. The van der Waals surface area contributed by atoms with Crippen LogP contribution < -0.4 is 0 Å². The van der Waals surface area contributed by atoms with E-state index in [2.05, 4.69) is 16.9 Å². The van der Waals surface area contributed by atoms with Crippen molar-refractivity contribution in [1.82, 2.24) is 9.88 Å². The van der Waals surface area contributed by atoms with Gasteiger partial charge in [0.1, 0.15) is 0 Å². The minimum Gasteiger partial charge on any atom is -0.339 e. The number of likely N-dealkylation sites (tertiary alicyclic amines) is 1. The van der Waals surface area contributed by atoms with Crippen molar-refractivity contribution in [2.75, 3.05) is 13.1 Å². The molecular weight excluding hydrogens is 208 g/mol. The van der Waals surface area contributed by atoms with E-state index in [9.17, 15) is 4.79 Å². The van der Waals surface area contributed by atoms with E-state index in [0.29, 0.717) is 5.92 Å². The Kier molecular flexibility index (Phi) is 3.16. The highest BCUT2D eigenvalue weighted by Gasteiger charge is 2.23. The molecular formula is C11H14N2OS. The number of hydrogen-bond donors (Lipinski definition) is 0. The van der Waals surface area contributed by atoms with E-state index in [0.717, 1.165) is 25.9 Å². The molecule has 80 valence electrons. The molecule has 0 aromatic carbocycles. The van der Waals surface area contributed by atoms with E-state index in [1.165, 1.54) is 11.8 Å². The first kappa shape index (κ1) is 10.4. The minimum absolute atomic E-state index is 0.0479. The van der Waals surface area contributed by atoms with Gasteiger partial charge in [-0.2, -0.15) is 0 Å². The number of nitrogens with zero attached hydrogens (tertiary/aromatic N) is 2.